The second-order valence-electron chi connectivity index (χ2n) is 3.50. The Morgan fingerprint density at radius 3 is 2.75 bits per heavy atom. The van der Waals surface area contributed by atoms with Crippen molar-refractivity contribution in [2.75, 3.05) is 6.61 Å². The Hall–Kier alpha value is -0.990. The number of carboxylic acid groups (broad SMARTS) is 1. The van der Waals surface area contributed by atoms with Crippen LogP contribution in [0.5, 0.6) is 0 Å². The summed E-state index contributed by atoms with van der Waals surface area (Å²) in [6.07, 6.45) is 5.09. The fraction of sp³-hybridized carbons (Fsp3) is 0.667. The summed E-state index contributed by atoms with van der Waals surface area (Å²) in [7, 11) is 0. The Labute approximate surface area is 71.0 Å². The number of carboxylic acids is 1. The lowest BCUT2D eigenvalue weighted by atomic mass is 9.92. The molecule has 0 spiro atoms. The van der Waals surface area contributed by atoms with Crippen LogP contribution in [0.3, 0.4) is 0 Å². The molecule has 66 valence electrons. The topological polar surface area (TPSA) is 46.5 Å². The summed E-state index contributed by atoms with van der Waals surface area (Å²) in [5, 5.41) is 8.96. The lowest BCUT2D eigenvalue weighted by Crippen LogP contribution is -2.19. The molecule has 1 fully saturated rings. The van der Waals surface area contributed by atoms with E-state index in [1.807, 2.05) is 0 Å². The van der Waals surface area contributed by atoms with Crippen molar-refractivity contribution >= 4 is 5.97 Å². The van der Waals surface area contributed by atoms with E-state index < -0.39 is 11.4 Å². The van der Waals surface area contributed by atoms with Crippen LogP contribution in [0, 0.1) is 5.41 Å². The van der Waals surface area contributed by atoms with Gasteiger partial charge < -0.3 is 9.84 Å². The predicted octanol–water partition coefficient (Wildman–Crippen LogP) is 1.55. The van der Waals surface area contributed by atoms with Gasteiger partial charge in [0.25, 0.3) is 0 Å². The van der Waals surface area contributed by atoms with Crippen LogP contribution in [0.2, 0.25) is 0 Å². The summed E-state index contributed by atoms with van der Waals surface area (Å²) in [6.45, 7) is 0.735. The summed E-state index contributed by atoms with van der Waals surface area (Å²) in [5.41, 5.74) is 0.460. The molecule has 3 heteroatoms. The zero-order valence-electron chi connectivity index (χ0n) is 6.88. The maximum absolute atomic E-state index is 10.9. The SMILES string of the molecule is O=C(O)C1(C2=COCCC2)CC1. The number of hydrogen-bond donors (Lipinski definition) is 1. The summed E-state index contributed by atoms with van der Waals surface area (Å²) >= 11 is 0. The Balaban J connectivity index is 2.17. The molecule has 1 N–H and O–H groups in total. The molecule has 0 aromatic heterocycles. The fourth-order valence-electron chi connectivity index (χ4n) is 1.71. The van der Waals surface area contributed by atoms with E-state index in [0.717, 1.165) is 37.9 Å². The largest absolute Gasteiger partial charge is 0.501 e. The van der Waals surface area contributed by atoms with Gasteiger partial charge >= 0.3 is 5.97 Å². The first-order valence-corrected chi connectivity index (χ1v) is 4.30. The van der Waals surface area contributed by atoms with Gasteiger partial charge in [0.2, 0.25) is 0 Å². The third-order valence-electron chi connectivity index (χ3n) is 2.71. The summed E-state index contributed by atoms with van der Waals surface area (Å²) < 4.78 is 5.13. The van der Waals surface area contributed by atoms with Gasteiger partial charge in [-0.05, 0) is 31.3 Å². The monoisotopic (exact) mass is 168 g/mol. The van der Waals surface area contributed by atoms with Crippen molar-refractivity contribution in [1.29, 1.82) is 0 Å². The van der Waals surface area contributed by atoms with Crippen molar-refractivity contribution in [2.45, 2.75) is 25.7 Å². The van der Waals surface area contributed by atoms with Crippen molar-refractivity contribution in [3.63, 3.8) is 0 Å². The molecule has 1 aliphatic heterocycles. The second kappa shape index (κ2) is 2.51. The van der Waals surface area contributed by atoms with Gasteiger partial charge in [-0.25, -0.2) is 0 Å². The minimum Gasteiger partial charge on any atom is -0.501 e. The van der Waals surface area contributed by atoms with Crippen LogP contribution in [0.4, 0.5) is 0 Å². The Kier molecular flexibility index (Phi) is 1.60. The normalized spacial score (nSPS) is 25.5. The van der Waals surface area contributed by atoms with E-state index in [1.54, 1.807) is 6.26 Å². The van der Waals surface area contributed by atoms with E-state index in [2.05, 4.69) is 0 Å². The summed E-state index contributed by atoms with van der Waals surface area (Å²) in [5.74, 6) is -0.681. The molecule has 0 aromatic carbocycles. The number of hydrogen-bond acceptors (Lipinski definition) is 2. The van der Waals surface area contributed by atoms with Gasteiger partial charge in [0.1, 0.15) is 0 Å². The lowest BCUT2D eigenvalue weighted by Gasteiger charge is -2.18. The van der Waals surface area contributed by atoms with Crippen molar-refractivity contribution < 1.29 is 14.6 Å². The first-order valence-electron chi connectivity index (χ1n) is 4.30. The number of rotatable bonds is 2. The molecule has 0 atom stereocenters. The van der Waals surface area contributed by atoms with Crippen LogP contribution in [0.15, 0.2) is 11.8 Å². The number of aliphatic carboxylic acids is 1. The molecule has 0 aromatic rings. The van der Waals surface area contributed by atoms with Crippen LogP contribution < -0.4 is 0 Å². The van der Waals surface area contributed by atoms with Crippen LogP contribution in [0.25, 0.3) is 0 Å². The van der Waals surface area contributed by atoms with E-state index >= 15 is 0 Å². The molecule has 0 radical (unpaired) electrons. The van der Waals surface area contributed by atoms with Gasteiger partial charge in [-0.1, -0.05) is 0 Å². The van der Waals surface area contributed by atoms with Crippen LogP contribution in [0.1, 0.15) is 25.7 Å². The van der Waals surface area contributed by atoms with Gasteiger partial charge in [-0.2, -0.15) is 0 Å². The van der Waals surface area contributed by atoms with E-state index in [4.69, 9.17) is 9.84 Å². The molecule has 1 saturated carbocycles. The Morgan fingerprint density at radius 1 is 1.58 bits per heavy atom. The van der Waals surface area contributed by atoms with Crippen molar-refractivity contribution in [3.8, 4) is 0 Å². The van der Waals surface area contributed by atoms with Gasteiger partial charge in [-0.3, -0.25) is 4.79 Å². The molecule has 0 unspecified atom stereocenters. The minimum atomic E-state index is -0.681. The predicted molar refractivity (Wildman–Crippen MR) is 42.6 cm³/mol. The first kappa shape index (κ1) is 7.65. The quantitative estimate of drug-likeness (QED) is 0.680. The fourth-order valence-corrected chi connectivity index (χ4v) is 1.71. The molecule has 0 amide bonds. The minimum absolute atomic E-state index is 0.527. The van der Waals surface area contributed by atoms with Crippen LogP contribution in [-0.4, -0.2) is 17.7 Å². The lowest BCUT2D eigenvalue weighted by molar-refractivity contribution is -0.142. The maximum atomic E-state index is 10.9. The molecule has 2 aliphatic rings. The molecule has 1 aliphatic carbocycles. The van der Waals surface area contributed by atoms with Crippen LogP contribution >= 0.6 is 0 Å². The van der Waals surface area contributed by atoms with Crippen molar-refractivity contribution in [1.82, 2.24) is 0 Å². The van der Waals surface area contributed by atoms with E-state index in [9.17, 15) is 4.79 Å². The second-order valence-corrected chi connectivity index (χ2v) is 3.50. The van der Waals surface area contributed by atoms with Gasteiger partial charge in [0.05, 0.1) is 18.3 Å². The van der Waals surface area contributed by atoms with Crippen molar-refractivity contribution in [3.05, 3.63) is 11.8 Å². The highest BCUT2D eigenvalue weighted by atomic mass is 16.5. The molecular weight excluding hydrogens is 156 g/mol. The molecular formula is C9H12O3. The van der Waals surface area contributed by atoms with E-state index in [0.29, 0.717) is 0 Å². The van der Waals surface area contributed by atoms with E-state index in [1.165, 1.54) is 0 Å². The zero-order valence-corrected chi connectivity index (χ0v) is 6.88. The highest BCUT2D eigenvalue weighted by Gasteiger charge is 2.53. The highest BCUT2D eigenvalue weighted by Crippen LogP contribution is 2.53. The highest BCUT2D eigenvalue weighted by molar-refractivity contribution is 5.81. The molecule has 3 nitrogen and oxygen atoms in total. The summed E-state index contributed by atoms with van der Waals surface area (Å²) in [6, 6.07) is 0. The molecule has 1 heterocycles. The zero-order chi connectivity index (χ0) is 8.60. The van der Waals surface area contributed by atoms with Gasteiger partial charge in [0.15, 0.2) is 0 Å². The van der Waals surface area contributed by atoms with E-state index in [-0.39, 0.29) is 0 Å². The standard InChI is InChI=1S/C9H12O3/c10-8(11)9(3-4-9)7-2-1-5-12-6-7/h6H,1-5H2,(H,10,11). The van der Waals surface area contributed by atoms with Gasteiger partial charge in [-0.15, -0.1) is 0 Å². The first-order chi connectivity index (χ1) is 5.76. The Bertz CT molecular complexity index is 238. The molecule has 0 saturated heterocycles. The smallest absolute Gasteiger partial charge is 0.313 e. The number of ether oxygens (including phenoxy) is 1. The molecule has 2 rings (SSSR count). The molecule has 0 bridgehead atoms. The summed E-state index contributed by atoms with van der Waals surface area (Å²) in [4.78, 5) is 10.9. The average Bonchev–Trinajstić information content (AvgIpc) is 2.86. The third kappa shape index (κ3) is 1.00. The van der Waals surface area contributed by atoms with Crippen molar-refractivity contribution in [2.24, 2.45) is 5.41 Å². The van der Waals surface area contributed by atoms with Gasteiger partial charge in [0, 0.05) is 0 Å². The number of carbonyl (C=O) groups is 1. The third-order valence-corrected chi connectivity index (χ3v) is 2.71. The molecule has 12 heavy (non-hydrogen) atoms. The average molecular weight is 168 g/mol. The maximum Gasteiger partial charge on any atom is 0.313 e. The van der Waals surface area contributed by atoms with Crippen LogP contribution in [-0.2, 0) is 9.53 Å². The Morgan fingerprint density at radius 2 is 2.33 bits per heavy atom.